The number of imidazole rings is 1. The maximum atomic E-state index is 16.3. The number of carbonyl (C=O) groups is 1. The molecule has 2 N–H and O–H groups in total. The van der Waals surface area contributed by atoms with Gasteiger partial charge in [-0.3, -0.25) is 4.57 Å². The second-order valence-electron chi connectivity index (χ2n) is 7.89. The van der Waals surface area contributed by atoms with E-state index in [-0.39, 0.29) is 18.8 Å². The van der Waals surface area contributed by atoms with Crippen molar-refractivity contribution in [3.05, 3.63) is 34.2 Å². The molecule has 25 heavy (non-hydrogen) atoms. The predicted octanol–water partition coefficient (Wildman–Crippen LogP) is 3.09. The Morgan fingerprint density at radius 2 is 2.08 bits per heavy atom. The summed E-state index contributed by atoms with van der Waals surface area (Å²) in [6.45, 7) is 5.48. The highest BCUT2D eigenvalue weighted by molar-refractivity contribution is 5.80. The van der Waals surface area contributed by atoms with Crippen LogP contribution in [0.1, 0.15) is 38.7 Å². The molecule has 0 saturated carbocycles. The number of H-pyrrole nitrogens is 1. The van der Waals surface area contributed by atoms with E-state index < -0.39 is 23.1 Å². The quantitative estimate of drug-likeness (QED) is 0.830. The molecule has 0 bridgehead atoms. The minimum atomic E-state index is -1.74. The second-order valence-corrected chi connectivity index (χ2v) is 7.89. The zero-order chi connectivity index (χ0) is 18.6. The molecule has 1 aliphatic heterocycles. The fourth-order valence-electron chi connectivity index (χ4n) is 3.92. The van der Waals surface area contributed by atoms with Gasteiger partial charge in [0.15, 0.2) is 0 Å². The summed E-state index contributed by atoms with van der Waals surface area (Å²) in [6.07, 6.45) is -0.726. The van der Waals surface area contributed by atoms with E-state index in [0.29, 0.717) is 17.5 Å². The lowest BCUT2D eigenvalue weighted by Crippen LogP contribution is -2.57. The molecule has 1 aromatic carbocycles. The number of halogens is 1. The number of aromatic nitrogens is 2. The summed E-state index contributed by atoms with van der Waals surface area (Å²) >= 11 is 0. The maximum absolute atomic E-state index is 16.3. The number of carboxylic acid groups (broad SMARTS) is 1. The molecule has 0 spiro atoms. The predicted molar refractivity (Wildman–Crippen MR) is 93.8 cm³/mol. The molecular weight excluding hydrogens is 325 g/mol. The molecule has 1 aliphatic rings. The third-order valence-corrected chi connectivity index (χ3v) is 5.50. The van der Waals surface area contributed by atoms with Crippen LogP contribution in [0.5, 0.6) is 0 Å². The summed E-state index contributed by atoms with van der Waals surface area (Å²) in [6, 6.07) is 5.45. The highest BCUT2D eigenvalue weighted by Crippen LogP contribution is 2.50. The van der Waals surface area contributed by atoms with Gasteiger partial charge in [-0.1, -0.05) is 32.9 Å². The number of nitrogens with zero attached hydrogens (tertiary/aromatic N) is 2. The van der Waals surface area contributed by atoms with Crippen LogP contribution in [0, 0.1) is 5.41 Å². The molecule has 136 valence electrons. The number of likely N-dealkylation sites (tertiary alicyclic amines) is 1. The van der Waals surface area contributed by atoms with Gasteiger partial charge in [-0.05, 0) is 23.5 Å². The monoisotopic (exact) mass is 349 g/mol. The van der Waals surface area contributed by atoms with Crippen LogP contribution in [0.2, 0.25) is 0 Å². The lowest BCUT2D eigenvalue weighted by molar-refractivity contribution is -0.0503. The van der Waals surface area contributed by atoms with E-state index in [0.717, 1.165) is 10.5 Å². The summed E-state index contributed by atoms with van der Waals surface area (Å²) in [5.41, 5.74) is -0.644. The lowest BCUT2D eigenvalue weighted by Gasteiger charge is -2.49. The Bertz CT molecular complexity index is 880. The molecule has 7 heteroatoms. The molecule has 3 rings (SSSR count). The largest absolute Gasteiger partial charge is 0.465 e. The molecule has 2 heterocycles. The Labute approximate surface area is 145 Å². The Balaban J connectivity index is 2.19. The van der Waals surface area contributed by atoms with Crippen molar-refractivity contribution >= 4 is 17.1 Å². The van der Waals surface area contributed by atoms with E-state index in [1.165, 1.54) is 4.57 Å². The van der Waals surface area contributed by atoms with E-state index in [2.05, 4.69) is 4.98 Å². The van der Waals surface area contributed by atoms with Gasteiger partial charge in [0.05, 0.1) is 17.6 Å². The fraction of sp³-hybridized carbons (Fsp3) is 0.556. The highest BCUT2D eigenvalue weighted by atomic mass is 19.1. The van der Waals surface area contributed by atoms with Crippen LogP contribution < -0.4 is 5.69 Å². The lowest BCUT2D eigenvalue weighted by atomic mass is 9.65. The zero-order valence-electron chi connectivity index (χ0n) is 15.0. The Hall–Kier alpha value is -2.31. The summed E-state index contributed by atoms with van der Waals surface area (Å²) in [4.78, 5) is 27.3. The summed E-state index contributed by atoms with van der Waals surface area (Å²) < 4.78 is 17.8. The number of para-hydroxylation sites is 1. The smallest absolute Gasteiger partial charge is 0.407 e. The number of aromatic amines is 1. The topological polar surface area (TPSA) is 78.3 Å². The van der Waals surface area contributed by atoms with Crippen molar-refractivity contribution in [3.8, 4) is 0 Å². The molecule has 1 amide bonds. The van der Waals surface area contributed by atoms with Gasteiger partial charge >= 0.3 is 11.8 Å². The van der Waals surface area contributed by atoms with Crippen LogP contribution in [0.15, 0.2) is 23.0 Å². The van der Waals surface area contributed by atoms with E-state index in [4.69, 9.17) is 0 Å². The first-order valence-corrected chi connectivity index (χ1v) is 8.40. The number of amides is 1. The normalized spacial score (nSPS) is 24.7. The average molecular weight is 349 g/mol. The number of nitrogens with one attached hydrogen (secondary N) is 1. The van der Waals surface area contributed by atoms with Crippen LogP contribution in [0.3, 0.4) is 0 Å². The van der Waals surface area contributed by atoms with Gasteiger partial charge in [-0.15, -0.1) is 0 Å². The Kier molecular flexibility index (Phi) is 3.93. The molecular formula is C18H24FN3O3. The number of piperidine rings is 1. The maximum Gasteiger partial charge on any atom is 0.407 e. The minimum Gasteiger partial charge on any atom is -0.465 e. The number of fused-ring (bicyclic) bond motifs is 1. The van der Waals surface area contributed by atoms with Crippen LogP contribution in [-0.2, 0) is 7.05 Å². The Morgan fingerprint density at radius 3 is 2.68 bits per heavy atom. The third kappa shape index (κ3) is 2.62. The summed E-state index contributed by atoms with van der Waals surface area (Å²) in [5.74, 6) is -0.492. The van der Waals surface area contributed by atoms with Crippen LogP contribution in [0.25, 0.3) is 11.0 Å². The Morgan fingerprint density at radius 1 is 1.40 bits per heavy atom. The molecule has 2 aromatic rings. The SMILES string of the molecule is Cn1c(=O)[nH]c2cccc(C3CCN(C(=O)O)CC3(F)C(C)(C)C)c21. The van der Waals surface area contributed by atoms with Crippen molar-refractivity contribution in [1.29, 1.82) is 0 Å². The third-order valence-electron chi connectivity index (χ3n) is 5.50. The van der Waals surface area contributed by atoms with Crippen molar-refractivity contribution in [2.75, 3.05) is 13.1 Å². The van der Waals surface area contributed by atoms with Crippen molar-refractivity contribution in [1.82, 2.24) is 14.5 Å². The summed E-state index contributed by atoms with van der Waals surface area (Å²) in [5, 5.41) is 9.32. The van der Waals surface area contributed by atoms with Gasteiger partial charge in [0.2, 0.25) is 0 Å². The number of rotatable bonds is 1. The number of aryl methyl sites for hydroxylation is 1. The van der Waals surface area contributed by atoms with Crippen LogP contribution in [0.4, 0.5) is 9.18 Å². The van der Waals surface area contributed by atoms with Crippen molar-refractivity contribution in [3.63, 3.8) is 0 Å². The first-order valence-electron chi connectivity index (χ1n) is 8.40. The van der Waals surface area contributed by atoms with Crippen LogP contribution >= 0.6 is 0 Å². The van der Waals surface area contributed by atoms with Crippen molar-refractivity contribution in [2.24, 2.45) is 12.5 Å². The van der Waals surface area contributed by atoms with Gasteiger partial charge in [0.1, 0.15) is 5.67 Å². The van der Waals surface area contributed by atoms with Gasteiger partial charge in [-0.2, -0.15) is 0 Å². The number of alkyl halides is 1. The van der Waals surface area contributed by atoms with Crippen LogP contribution in [-0.4, -0.2) is 44.4 Å². The number of hydrogen-bond acceptors (Lipinski definition) is 2. The average Bonchev–Trinajstić information content (AvgIpc) is 2.81. The molecule has 0 radical (unpaired) electrons. The number of benzene rings is 1. The van der Waals surface area contributed by atoms with Gasteiger partial charge in [0.25, 0.3) is 0 Å². The number of hydrogen-bond donors (Lipinski definition) is 2. The van der Waals surface area contributed by atoms with Crippen molar-refractivity contribution < 1.29 is 14.3 Å². The van der Waals surface area contributed by atoms with Gasteiger partial charge in [-0.25, -0.2) is 14.0 Å². The van der Waals surface area contributed by atoms with E-state index in [1.54, 1.807) is 40.0 Å². The first-order chi connectivity index (χ1) is 11.6. The molecule has 6 nitrogen and oxygen atoms in total. The first kappa shape index (κ1) is 17.5. The molecule has 2 atom stereocenters. The second kappa shape index (κ2) is 5.61. The minimum absolute atomic E-state index is 0.175. The summed E-state index contributed by atoms with van der Waals surface area (Å²) in [7, 11) is 1.66. The van der Waals surface area contributed by atoms with E-state index in [1.807, 2.05) is 6.07 Å². The molecule has 1 saturated heterocycles. The van der Waals surface area contributed by atoms with Crippen molar-refractivity contribution in [2.45, 2.75) is 38.8 Å². The standard InChI is InChI=1S/C18H24FN3O3/c1-17(2,3)18(19)10-22(16(24)25)9-8-12(18)11-6-5-7-13-14(11)21(4)15(23)20-13/h5-7,12H,8-10H2,1-4H3,(H,20,23)(H,24,25). The zero-order valence-corrected chi connectivity index (χ0v) is 15.0. The molecule has 1 fully saturated rings. The van der Waals surface area contributed by atoms with E-state index in [9.17, 15) is 14.7 Å². The van der Waals surface area contributed by atoms with E-state index >= 15 is 4.39 Å². The molecule has 2 unspecified atom stereocenters. The van der Waals surface area contributed by atoms with Gasteiger partial charge < -0.3 is 15.0 Å². The van der Waals surface area contributed by atoms with Gasteiger partial charge in [0, 0.05) is 19.5 Å². The fourth-order valence-corrected chi connectivity index (χ4v) is 3.92. The molecule has 0 aliphatic carbocycles. The highest BCUT2D eigenvalue weighted by Gasteiger charge is 2.53. The molecule has 1 aromatic heterocycles.